The minimum Gasteiger partial charge on any atom is -0.412 e. The van der Waals surface area contributed by atoms with Gasteiger partial charge in [0.1, 0.15) is 5.75 Å². The van der Waals surface area contributed by atoms with Crippen molar-refractivity contribution >= 4 is 17.5 Å². The Hall–Kier alpha value is -2.41. The Morgan fingerprint density at radius 1 is 1.28 bits per heavy atom. The van der Waals surface area contributed by atoms with Gasteiger partial charge < -0.3 is 30.8 Å². The van der Waals surface area contributed by atoms with Gasteiger partial charge in [0.2, 0.25) is 5.89 Å². The van der Waals surface area contributed by atoms with E-state index in [2.05, 4.69) is 36.6 Å². The molecule has 5 N–H and O–H groups in total. The lowest BCUT2D eigenvalue weighted by molar-refractivity contribution is -0.274. The van der Waals surface area contributed by atoms with Gasteiger partial charge in [-0.2, -0.15) is 0 Å². The summed E-state index contributed by atoms with van der Waals surface area (Å²) in [6.45, 7) is 5.43. The van der Waals surface area contributed by atoms with Gasteiger partial charge in [-0.1, -0.05) is 25.4 Å². The van der Waals surface area contributed by atoms with Crippen molar-refractivity contribution in [2.24, 2.45) is 5.73 Å². The van der Waals surface area contributed by atoms with Crippen LogP contribution in [-0.2, 0) is 0 Å². The molecule has 9 nitrogen and oxygen atoms in total. The average molecular weight is 483 g/mol. The molecule has 1 aliphatic heterocycles. The summed E-state index contributed by atoms with van der Waals surface area (Å²) in [4.78, 5) is 12.0. The molecule has 1 aliphatic rings. The van der Waals surface area contributed by atoms with E-state index in [0.717, 1.165) is 25.1 Å². The summed E-state index contributed by atoms with van der Waals surface area (Å²) in [5.41, 5.74) is 4.53. The number of aromatic nitrogens is 2. The fourth-order valence-electron chi connectivity index (χ4n) is 2.31. The van der Waals surface area contributed by atoms with Crippen molar-refractivity contribution in [3.8, 4) is 17.2 Å². The molecule has 32 heavy (non-hydrogen) atoms. The molecule has 0 aliphatic carbocycles. The Morgan fingerprint density at radius 2 is 1.91 bits per heavy atom. The predicted molar refractivity (Wildman–Crippen MR) is 117 cm³/mol. The van der Waals surface area contributed by atoms with Crippen LogP contribution in [0.15, 0.2) is 22.6 Å². The van der Waals surface area contributed by atoms with Crippen molar-refractivity contribution in [1.82, 2.24) is 26.1 Å². The van der Waals surface area contributed by atoms with E-state index in [1.54, 1.807) is 0 Å². The van der Waals surface area contributed by atoms with E-state index in [0.29, 0.717) is 6.54 Å². The van der Waals surface area contributed by atoms with Crippen molar-refractivity contribution in [2.75, 3.05) is 34.2 Å². The summed E-state index contributed by atoms with van der Waals surface area (Å²) in [5.74, 6) is -1.55. The van der Waals surface area contributed by atoms with Crippen molar-refractivity contribution in [3.63, 3.8) is 0 Å². The molecule has 1 atom stereocenters. The number of ether oxygens (including phenoxy) is 1. The maximum atomic E-state index is 12.3. The Kier molecular flexibility index (Phi) is 14.2. The SMILES string of the molecule is CC.CN.CNC.O=C(NC1CCNC1)c1nnc(-c2cc(OC(F)(F)F)ccc2Cl)o1. The first kappa shape index (κ1) is 29.6. The molecule has 2 heterocycles. The Bertz CT molecular complexity index is 799. The molecule has 3 rings (SSSR count). The second kappa shape index (κ2) is 15.4. The molecular weight excluding hydrogens is 453 g/mol. The Balaban J connectivity index is 0.00000124. The number of carbonyl (C=O) groups is 1. The van der Waals surface area contributed by atoms with E-state index in [1.165, 1.54) is 13.1 Å². The zero-order valence-electron chi connectivity index (χ0n) is 18.6. The van der Waals surface area contributed by atoms with Gasteiger partial charge in [-0.25, -0.2) is 0 Å². The highest BCUT2D eigenvalue weighted by Gasteiger charge is 2.31. The van der Waals surface area contributed by atoms with Crippen LogP contribution in [-0.4, -0.2) is 62.7 Å². The van der Waals surface area contributed by atoms with Gasteiger partial charge in [0.05, 0.1) is 10.6 Å². The lowest BCUT2D eigenvalue weighted by Gasteiger charge is -2.10. The van der Waals surface area contributed by atoms with Gasteiger partial charge >= 0.3 is 18.2 Å². The van der Waals surface area contributed by atoms with Gasteiger partial charge in [0.15, 0.2) is 0 Å². The van der Waals surface area contributed by atoms with Gasteiger partial charge in [-0.15, -0.1) is 23.4 Å². The maximum absolute atomic E-state index is 12.3. The molecule has 2 aromatic rings. The van der Waals surface area contributed by atoms with E-state index >= 15 is 0 Å². The molecule has 0 spiro atoms. The number of nitrogens with zero attached hydrogens (tertiary/aromatic N) is 2. The Labute approximate surface area is 190 Å². The molecule has 0 bridgehead atoms. The number of hydrogen-bond donors (Lipinski definition) is 4. The molecule has 13 heteroatoms. The molecule has 0 saturated carbocycles. The number of carbonyl (C=O) groups excluding carboxylic acids is 1. The maximum Gasteiger partial charge on any atom is 0.573 e. The van der Waals surface area contributed by atoms with Crippen molar-refractivity contribution in [3.05, 3.63) is 29.1 Å². The standard InChI is InChI=1S/C14H12ClF3N4O3.C2H7N.C2H6.CH5N/c15-10-2-1-8(25-14(16,17)18)5-9(10)12-21-22-13(24-12)11(23)20-7-3-4-19-6-7;1-3-2;2*1-2/h1-2,5,7,19H,3-4,6H2,(H,20,23);3H,1-2H3;1-2H3;2H2,1H3. The van der Waals surface area contributed by atoms with Crippen LogP contribution in [0.1, 0.15) is 31.0 Å². The predicted octanol–water partition coefficient (Wildman–Crippen LogP) is 2.82. The summed E-state index contributed by atoms with van der Waals surface area (Å²) < 4.78 is 46.0. The number of halogens is 4. The number of rotatable bonds is 4. The molecule has 1 saturated heterocycles. The van der Waals surface area contributed by atoms with Crippen molar-refractivity contribution in [1.29, 1.82) is 0 Å². The van der Waals surface area contributed by atoms with Gasteiger partial charge in [-0.3, -0.25) is 4.79 Å². The number of benzene rings is 1. The van der Waals surface area contributed by atoms with E-state index in [9.17, 15) is 18.0 Å². The lowest BCUT2D eigenvalue weighted by atomic mass is 10.2. The van der Waals surface area contributed by atoms with Crippen LogP contribution in [0.3, 0.4) is 0 Å². The molecule has 1 amide bonds. The monoisotopic (exact) mass is 482 g/mol. The molecular formula is C19H30ClF3N6O3. The highest BCUT2D eigenvalue weighted by atomic mass is 35.5. The third-order valence-corrected chi connectivity index (χ3v) is 3.75. The topological polar surface area (TPSA) is 127 Å². The van der Waals surface area contributed by atoms with E-state index in [1.807, 2.05) is 27.9 Å². The number of nitrogens with one attached hydrogen (secondary N) is 3. The first-order chi connectivity index (χ1) is 15.2. The lowest BCUT2D eigenvalue weighted by Crippen LogP contribution is -2.36. The zero-order chi connectivity index (χ0) is 24.7. The van der Waals surface area contributed by atoms with Crippen LogP contribution in [0, 0.1) is 0 Å². The first-order valence-corrected chi connectivity index (χ1v) is 10.2. The van der Waals surface area contributed by atoms with Crippen LogP contribution in [0.2, 0.25) is 5.02 Å². The van der Waals surface area contributed by atoms with Crippen LogP contribution in [0.5, 0.6) is 5.75 Å². The van der Waals surface area contributed by atoms with E-state index in [-0.39, 0.29) is 28.4 Å². The van der Waals surface area contributed by atoms with Crippen molar-refractivity contribution in [2.45, 2.75) is 32.7 Å². The molecule has 1 aromatic carbocycles. The quantitative estimate of drug-likeness (QED) is 0.524. The van der Waals surface area contributed by atoms with Crippen molar-refractivity contribution < 1.29 is 27.1 Å². The molecule has 0 radical (unpaired) electrons. The van der Waals surface area contributed by atoms with Crippen LogP contribution < -0.4 is 26.4 Å². The Morgan fingerprint density at radius 3 is 2.44 bits per heavy atom. The fourth-order valence-corrected chi connectivity index (χ4v) is 2.51. The number of amides is 1. The molecule has 1 fully saturated rings. The first-order valence-electron chi connectivity index (χ1n) is 9.80. The van der Waals surface area contributed by atoms with E-state index in [4.69, 9.17) is 16.0 Å². The second-order valence-corrected chi connectivity index (χ2v) is 6.17. The normalized spacial score (nSPS) is 14.6. The zero-order valence-corrected chi connectivity index (χ0v) is 19.4. The molecule has 182 valence electrons. The minimum absolute atomic E-state index is 0.0255. The summed E-state index contributed by atoms with van der Waals surface area (Å²) in [5, 5.41) is 15.9. The summed E-state index contributed by atoms with van der Waals surface area (Å²) >= 11 is 5.95. The molecule has 1 unspecified atom stereocenters. The highest BCUT2D eigenvalue weighted by Crippen LogP contribution is 2.32. The third-order valence-electron chi connectivity index (χ3n) is 3.42. The third kappa shape index (κ3) is 10.3. The smallest absolute Gasteiger partial charge is 0.412 e. The van der Waals surface area contributed by atoms with Crippen LogP contribution >= 0.6 is 11.6 Å². The number of nitrogens with two attached hydrogens (primary N) is 1. The number of hydrogen-bond acceptors (Lipinski definition) is 8. The van der Waals surface area contributed by atoms with Crippen LogP contribution in [0.25, 0.3) is 11.5 Å². The average Bonchev–Trinajstić information content (AvgIpc) is 3.44. The van der Waals surface area contributed by atoms with Gasteiger partial charge in [-0.05, 0) is 52.3 Å². The fraction of sp³-hybridized carbons (Fsp3) is 0.526. The largest absolute Gasteiger partial charge is 0.573 e. The van der Waals surface area contributed by atoms with Gasteiger partial charge in [0, 0.05) is 12.6 Å². The minimum atomic E-state index is -4.85. The highest BCUT2D eigenvalue weighted by molar-refractivity contribution is 6.33. The summed E-state index contributed by atoms with van der Waals surface area (Å²) in [6.07, 6.45) is -4.07. The summed E-state index contributed by atoms with van der Waals surface area (Å²) in [6, 6.07) is 3.21. The molecule has 1 aromatic heterocycles. The van der Waals surface area contributed by atoms with Crippen LogP contribution in [0.4, 0.5) is 13.2 Å². The van der Waals surface area contributed by atoms with Gasteiger partial charge in [0.25, 0.3) is 0 Å². The second-order valence-electron chi connectivity index (χ2n) is 5.77. The summed E-state index contributed by atoms with van der Waals surface area (Å²) in [7, 11) is 5.25. The number of alkyl halides is 3. The van der Waals surface area contributed by atoms with E-state index < -0.39 is 18.0 Å².